The molecule has 2 aromatic rings. The highest BCUT2D eigenvalue weighted by Crippen LogP contribution is 2.36. The van der Waals surface area contributed by atoms with Crippen LogP contribution in [-0.4, -0.2) is 36.9 Å². The summed E-state index contributed by atoms with van der Waals surface area (Å²) in [5.74, 6) is -0.0104. The molecule has 0 atom stereocenters. The van der Waals surface area contributed by atoms with Gasteiger partial charge in [-0.15, -0.1) is 0 Å². The Bertz CT molecular complexity index is 947. The number of halogens is 1. The van der Waals surface area contributed by atoms with E-state index in [1.807, 2.05) is 4.90 Å². The minimum Gasteiger partial charge on any atom is -0.497 e. The van der Waals surface area contributed by atoms with E-state index < -0.39 is 0 Å². The van der Waals surface area contributed by atoms with Crippen molar-refractivity contribution < 1.29 is 14.3 Å². The maximum Gasteiger partial charge on any atom is 0.282 e. The van der Waals surface area contributed by atoms with Gasteiger partial charge in [0.2, 0.25) is 0 Å². The Morgan fingerprint density at radius 1 is 0.929 bits per heavy atom. The van der Waals surface area contributed by atoms with Crippen molar-refractivity contribution in [3.05, 3.63) is 64.8 Å². The van der Waals surface area contributed by atoms with Crippen molar-refractivity contribution in [2.45, 2.75) is 19.3 Å². The van der Waals surface area contributed by atoms with Crippen LogP contribution in [0.25, 0.3) is 5.57 Å². The molecule has 2 aliphatic rings. The van der Waals surface area contributed by atoms with Crippen LogP contribution in [0.3, 0.4) is 0 Å². The third-order valence-corrected chi connectivity index (χ3v) is 5.43. The predicted octanol–water partition coefficient (Wildman–Crippen LogP) is 4.12. The summed E-state index contributed by atoms with van der Waals surface area (Å²) in [7, 11) is 1.56. The number of nitrogens with zero attached hydrogens (tertiary/aromatic N) is 2. The van der Waals surface area contributed by atoms with Crippen LogP contribution in [0, 0.1) is 0 Å². The Balaban J connectivity index is 1.81. The van der Waals surface area contributed by atoms with E-state index in [0.717, 1.165) is 32.4 Å². The zero-order chi connectivity index (χ0) is 19.7. The third-order valence-electron chi connectivity index (χ3n) is 5.18. The van der Waals surface area contributed by atoms with E-state index in [9.17, 15) is 9.59 Å². The maximum atomic E-state index is 13.4. The number of piperidine rings is 1. The molecule has 0 spiro atoms. The number of amides is 2. The molecule has 0 saturated carbocycles. The number of carbonyl (C=O) groups is 2. The predicted molar refractivity (Wildman–Crippen MR) is 109 cm³/mol. The first-order chi connectivity index (χ1) is 13.6. The van der Waals surface area contributed by atoms with Gasteiger partial charge in [-0.1, -0.05) is 29.8 Å². The number of benzene rings is 2. The third kappa shape index (κ3) is 3.27. The molecule has 0 radical (unpaired) electrons. The molecular weight excluding hydrogens is 376 g/mol. The molecule has 2 amide bonds. The SMILES string of the molecule is COc1cccc(N2C(=O)C(c3ccc(Cl)cc3)=C(N3CCCCC3)C2=O)c1. The lowest BCUT2D eigenvalue weighted by atomic mass is 10.0. The summed E-state index contributed by atoms with van der Waals surface area (Å²) in [6, 6.07) is 14.1. The Morgan fingerprint density at radius 2 is 1.64 bits per heavy atom. The lowest BCUT2D eigenvalue weighted by Gasteiger charge is -2.29. The topological polar surface area (TPSA) is 49.9 Å². The van der Waals surface area contributed by atoms with Crippen LogP contribution in [0.2, 0.25) is 5.02 Å². The van der Waals surface area contributed by atoms with Gasteiger partial charge in [-0.05, 0) is 49.1 Å². The van der Waals surface area contributed by atoms with Crippen LogP contribution < -0.4 is 9.64 Å². The van der Waals surface area contributed by atoms with E-state index in [1.165, 1.54) is 4.90 Å². The highest BCUT2D eigenvalue weighted by molar-refractivity contribution is 6.45. The summed E-state index contributed by atoms with van der Waals surface area (Å²) < 4.78 is 5.26. The van der Waals surface area contributed by atoms with Crippen molar-refractivity contribution in [3.63, 3.8) is 0 Å². The first-order valence-electron chi connectivity index (χ1n) is 9.38. The van der Waals surface area contributed by atoms with Gasteiger partial charge in [-0.2, -0.15) is 0 Å². The van der Waals surface area contributed by atoms with Crippen LogP contribution in [-0.2, 0) is 9.59 Å². The molecule has 144 valence electrons. The van der Waals surface area contributed by atoms with Crippen molar-refractivity contribution in [1.82, 2.24) is 4.90 Å². The van der Waals surface area contributed by atoms with Gasteiger partial charge in [0.1, 0.15) is 11.4 Å². The quantitative estimate of drug-likeness (QED) is 0.729. The minimum atomic E-state index is -0.318. The Kier molecular flexibility index (Phi) is 5.09. The van der Waals surface area contributed by atoms with Crippen molar-refractivity contribution in [3.8, 4) is 5.75 Å². The van der Waals surface area contributed by atoms with E-state index in [4.69, 9.17) is 16.3 Å². The Hall–Kier alpha value is -2.79. The lowest BCUT2D eigenvalue weighted by molar-refractivity contribution is -0.120. The van der Waals surface area contributed by atoms with Gasteiger partial charge in [0.25, 0.3) is 11.8 Å². The van der Waals surface area contributed by atoms with Crippen molar-refractivity contribution in [2.75, 3.05) is 25.1 Å². The second-order valence-electron chi connectivity index (χ2n) is 6.93. The number of ether oxygens (including phenoxy) is 1. The molecule has 28 heavy (non-hydrogen) atoms. The maximum absolute atomic E-state index is 13.4. The number of anilines is 1. The fourth-order valence-corrected chi connectivity index (χ4v) is 3.92. The molecule has 0 bridgehead atoms. The molecule has 0 aliphatic carbocycles. The summed E-state index contributed by atoms with van der Waals surface area (Å²) in [6.07, 6.45) is 3.16. The summed E-state index contributed by atoms with van der Waals surface area (Å²) in [6.45, 7) is 1.55. The van der Waals surface area contributed by atoms with E-state index in [2.05, 4.69) is 0 Å². The van der Waals surface area contributed by atoms with Crippen LogP contribution >= 0.6 is 11.6 Å². The number of rotatable bonds is 4. The van der Waals surface area contributed by atoms with Gasteiger partial charge >= 0.3 is 0 Å². The fraction of sp³-hybridized carbons (Fsp3) is 0.273. The molecule has 0 aromatic heterocycles. The molecule has 0 N–H and O–H groups in total. The number of imide groups is 1. The molecular formula is C22H21ClN2O3. The molecule has 1 fully saturated rings. The van der Waals surface area contributed by atoms with E-state index in [-0.39, 0.29) is 11.8 Å². The number of hydrogen-bond donors (Lipinski definition) is 0. The largest absolute Gasteiger partial charge is 0.497 e. The average molecular weight is 397 g/mol. The Morgan fingerprint density at radius 3 is 2.32 bits per heavy atom. The molecule has 4 rings (SSSR count). The summed E-state index contributed by atoms with van der Waals surface area (Å²) in [5, 5.41) is 0.588. The average Bonchev–Trinajstić information content (AvgIpc) is 2.99. The number of likely N-dealkylation sites (tertiary alicyclic amines) is 1. The highest BCUT2D eigenvalue weighted by Gasteiger charge is 2.42. The van der Waals surface area contributed by atoms with Crippen LogP contribution in [0.15, 0.2) is 54.2 Å². The molecule has 1 saturated heterocycles. The van der Waals surface area contributed by atoms with E-state index in [1.54, 1.807) is 55.6 Å². The number of methoxy groups -OCH3 is 1. The second-order valence-corrected chi connectivity index (χ2v) is 7.36. The van der Waals surface area contributed by atoms with Gasteiger partial charge in [-0.3, -0.25) is 9.59 Å². The van der Waals surface area contributed by atoms with Crippen LogP contribution in [0.4, 0.5) is 5.69 Å². The summed E-state index contributed by atoms with van der Waals surface area (Å²) >= 11 is 6.02. The smallest absolute Gasteiger partial charge is 0.282 e. The van der Waals surface area contributed by atoms with Gasteiger partial charge in [0.15, 0.2) is 0 Å². The van der Waals surface area contributed by atoms with E-state index in [0.29, 0.717) is 33.3 Å². The molecule has 0 unspecified atom stereocenters. The van der Waals surface area contributed by atoms with Crippen molar-refractivity contribution >= 4 is 34.7 Å². The lowest BCUT2D eigenvalue weighted by Crippen LogP contribution is -2.37. The first kappa shape index (κ1) is 18.6. The Labute approximate surface area is 169 Å². The zero-order valence-corrected chi connectivity index (χ0v) is 16.4. The van der Waals surface area contributed by atoms with Gasteiger partial charge < -0.3 is 9.64 Å². The van der Waals surface area contributed by atoms with Crippen molar-refractivity contribution in [1.29, 1.82) is 0 Å². The molecule has 2 heterocycles. The monoisotopic (exact) mass is 396 g/mol. The van der Waals surface area contributed by atoms with Crippen molar-refractivity contribution in [2.24, 2.45) is 0 Å². The fourth-order valence-electron chi connectivity index (χ4n) is 3.79. The first-order valence-corrected chi connectivity index (χ1v) is 9.76. The highest BCUT2D eigenvalue weighted by atomic mass is 35.5. The normalized spacial score (nSPS) is 17.5. The van der Waals surface area contributed by atoms with E-state index >= 15 is 0 Å². The number of hydrogen-bond acceptors (Lipinski definition) is 4. The summed E-state index contributed by atoms with van der Waals surface area (Å²) in [5.41, 5.74) is 2.13. The van der Waals surface area contributed by atoms with Gasteiger partial charge in [0, 0.05) is 24.2 Å². The van der Waals surface area contributed by atoms with Crippen LogP contribution in [0.1, 0.15) is 24.8 Å². The molecule has 2 aromatic carbocycles. The molecule has 5 nitrogen and oxygen atoms in total. The zero-order valence-electron chi connectivity index (χ0n) is 15.7. The van der Waals surface area contributed by atoms with Gasteiger partial charge in [-0.25, -0.2) is 4.90 Å². The molecule has 6 heteroatoms. The summed E-state index contributed by atoms with van der Waals surface area (Å²) in [4.78, 5) is 30.1. The van der Waals surface area contributed by atoms with Crippen LogP contribution in [0.5, 0.6) is 5.75 Å². The van der Waals surface area contributed by atoms with Gasteiger partial charge in [0.05, 0.1) is 18.4 Å². The minimum absolute atomic E-state index is 0.287. The molecule has 2 aliphatic heterocycles. The number of carbonyl (C=O) groups excluding carboxylic acids is 2. The second kappa shape index (κ2) is 7.68. The standard InChI is InChI=1S/C22H21ClN2O3/c1-28-18-7-5-6-17(14-18)25-21(26)19(15-8-10-16(23)11-9-15)20(22(25)27)24-12-3-2-4-13-24/h5-11,14H,2-4,12-13H2,1H3.